The first-order chi connectivity index (χ1) is 7.17. The third kappa shape index (κ3) is 3.54. The second kappa shape index (κ2) is 5.75. The molecule has 82 valence electrons. The standard InChI is InChI=1S/C10H13NO3S/c1-15-8-4-2-7(3-5-8)14-10(13)9(11)6-12/h2-5,9,12H,6,11H2,1H3/t9-/m0/s1. The summed E-state index contributed by atoms with van der Waals surface area (Å²) in [7, 11) is 0. The molecule has 0 heterocycles. The Hall–Kier alpha value is -1.04. The molecule has 0 aliphatic carbocycles. The number of carbonyl (C=O) groups excluding carboxylic acids is 1. The highest BCUT2D eigenvalue weighted by atomic mass is 32.2. The maximum atomic E-state index is 11.2. The van der Waals surface area contributed by atoms with Gasteiger partial charge in [0.25, 0.3) is 0 Å². The molecule has 0 aliphatic rings. The molecule has 0 saturated carbocycles. The topological polar surface area (TPSA) is 72.5 Å². The van der Waals surface area contributed by atoms with Crippen molar-refractivity contribution in [3.05, 3.63) is 24.3 Å². The van der Waals surface area contributed by atoms with E-state index in [0.717, 1.165) is 4.90 Å². The minimum absolute atomic E-state index is 0.415. The maximum absolute atomic E-state index is 11.2. The number of aliphatic hydroxyl groups excluding tert-OH is 1. The smallest absolute Gasteiger partial charge is 0.330 e. The van der Waals surface area contributed by atoms with Gasteiger partial charge in [0.15, 0.2) is 0 Å². The molecule has 5 heteroatoms. The van der Waals surface area contributed by atoms with Crippen molar-refractivity contribution in [3.63, 3.8) is 0 Å². The van der Waals surface area contributed by atoms with E-state index in [0.29, 0.717) is 5.75 Å². The van der Waals surface area contributed by atoms with Gasteiger partial charge in [0.1, 0.15) is 11.8 Å². The van der Waals surface area contributed by atoms with E-state index in [9.17, 15) is 4.79 Å². The summed E-state index contributed by atoms with van der Waals surface area (Å²) in [6.45, 7) is -0.415. The van der Waals surface area contributed by atoms with Crippen LogP contribution >= 0.6 is 11.8 Å². The number of nitrogens with two attached hydrogens (primary N) is 1. The molecule has 1 aromatic rings. The lowest BCUT2D eigenvalue weighted by Crippen LogP contribution is -2.37. The summed E-state index contributed by atoms with van der Waals surface area (Å²) in [5.74, 6) is -0.198. The predicted molar refractivity (Wildman–Crippen MR) is 58.9 cm³/mol. The minimum atomic E-state index is -0.981. The molecule has 0 saturated heterocycles. The second-order valence-corrected chi connectivity index (χ2v) is 3.77. The van der Waals surface area contributed by atoms with Crippen LogP contribution in [-0.2, 0) is 4.79 Å². The van der Waals surface area contributed by atoms with E-state index in [1.54, 1.807) is 23.9 Å². The quantitative estimate of drug-likeness (QED) is 0.448. The van der Waals surface area contributed by atoms with Gasteiger partial charge in [0.2, 0.25) is 0 Å². The van der Waals surface area contributed by atoms with Crippen LogP contribution in [0.2, 0.25) is 0 Å². The fourth-order valence-corrected chi connectivity index (χ4v) is 1.32. The molecule has 0 aliphatic heterocycles. The van der Waals surface area contributed by atoms with E-state index in [-0.39, 0.29) is 0 Å². The third-order valence-corrected chi connectivity index (χ3v) is 2.52. The minimum Gasteiger partial charge on any atom is -0.425 e. The van der Waals surface area contributed by atoms with Crippen LogP contribution in [0, 0.1) is 0 Å². The lowest BCUT2D eigenvalue weighted by molar-refractivity contribution is -0.136. The first-order valence-electron chi connectivity index (χ1n) is 4.39. The normalized spacial score (nSPS) is 12.2. The Bertz CT molecular complexity index is 326. The van der Waals surface area contributed by atoms with Gasteiger partial charge in [-0.05, 0) is 30.5 Å². The zero-order valence-corrected chi connectivity index (χ0v) is 9.16. The molecule has 0 radical (unpaired) electrons. The van der Waals surface area contributed by atoms with Gasteiger partial charge >= 0.3 is 5.97 Å². The van der Waals surface area contributed by atoms with Crippen LogP contribution < -0.4 is 10.5 Å². The predicted octanol–water partition coefficient (Wildman–Crippen LogP) is 0.634. The van der Waals surface area contributed by atoms with Gasteiger partial charge in [-0.1, -0.05) is 0 Å². The number of esters is 1. The summed E-state index contributed by atoms with van der Waals surface area (Å²) >= 11 is 1.60. The van der Waals surface area contributed by atoms with E-state index in [2.05, 4.69) is 0 Å². The molecule has 0 bridgehead atoms. The summed E-state index contributed by atoms with van der Waals surface area (Å²) in [6, 6.07) is 6.09. The monoisotopic (exact) mass is 227 g/mol. The van der Waals surface area contributed by atoms with Gasteiger partial charge in [0, 0.05) is 4.90 Å². The zero-order valence-electron chi connectivity index (χ0n) is 8.34. The molecule has 1 atom stereocenters. The number of aliphatic hydroxyl groups is 1. The van der Waals surface area contributed by atoms with Crippen molar-refractivity contribution in [2.75, 3.05) is 12.9 Å². The van der Waals surface area contributed by atoms with E-state index in [1.165, 1.54) is 0 Å². The molecule has 0 spiro atoms. The van der Waals surface area contributed by atoms with E-state index in [1.807, 2.05) is 18.4 Å². The first kappa shape index (κ1) is 12.0. The number of rotatable bonds is 4. The number of ether oxygens (including phenoxy) is 1. The van der Waals surface area contributed by atoms with Gasteiger partial charge in [-0.2, -0.15) is 0 Å². The Kier molecular flexibility index (Phi) is 4.61. The molecule has 0 fully saturated rings. The number of thioether (sulfide) groups is 1. The van der Waals surface area contributed by atoms with E-state index in [4.69, 9.17) is 15.6 Å². The fourth-order valence-electron chi connectivity index (χ4n) is 0.910. The Balaban J connectivity index is 2.61. The molecular weight excluding hydrogens is 214 g/mol. The third-order valence-electron chi connectivity index (χ3n) is 1.78. The summed E-state index contributed by atoms with van der Waals surface area (Å²) < 4.78 is 4.93. The van der Waals surface area contributed by atoms with Crippen molar-refractivity contribution < 1.29 is 14.6 Å². The molecule has 4 nitrogen and oxygen atoms in total. The molecule has 3 N–H and O–H groups in total. The van der Waals surface area contributed by atoms with Gasteiger partial charge < -0.3 is 15.6 Å². The number of hydrogen-bond donors (Lipinski definition) is 2. The summed E-state index contributed by atoms with van der Waals surface area (Å²) in [6.07, 6.45) is 1.96. The van der Waals surface area contributed by atoms with Crippen molar-refractivity contribution in [2.24, 2.45) is 5.73 Å². The van der Waals surface area contributed by atoms with Crippen LogP contribution in [0.25, 0.3) is 0 Å². The van der Waals surface area contributed by atoms with Crippen LogP contribution in [0.3, 0.4) is 0 Å². The van der Waals surface area contributed by atoms with Crippen molar-refractivity contribution in [2.45, 2.75) is 10.9 Å². The summed E-state index contributed by atoms with van der Waals surface area (Å²) in [5, 5.41) is 8.64. The molecule has 0 amide bonds. The number of carbonyl (C=O) groups is 1. The Morgan fingerprint density at radius 3 is 2.60 bits per heavy atom. The van der Waals surface area contributed by atoms with Crippen molar-refractivity contribution >= 4 is 17.7 Å². The molecule has 1 rings (SSSR count). The van der Waals surface area contributed by atoms with Crippen LogP contribution in [0.5, 0.6) is 5.75 Å². The average Bonchev–Trinajstić information content (AvgIpc) is 2.29. The van der Waals surface area contributed by atoms with Crippen LogP contribution in [0.4, 0.5) is 0 Å². The lowest BCUT2D eigenvalue weighted by atomic mass is 10.3. The Morgan fingerprint density at radius 2 is 2.13 bits per heavy atom. The van der Waals surface area contributed by atoms with Gasteiger partial charge in [-0.15, -0.1) is 11.8 Å². The molecule has 1 aromatic carbocycles. The zero-order chi connectivity index (χ0) is 11.3. The SMILES string of the molecule is CSc1ccc(OC(=O)[C@@H](N)CO)cc1. The van der Waals surface area contributed by atoms with Crippen LogP contribution in [0.1, 0.15) is 0 Å². The van der Waals surface area contributed by atoms with Crippen molar-refractivity contribution in [1.82, 2.24) is 0 Å². The first-order valence-corrected chi connectivity index (χ1v) is 5.62. The van der Waals surface area contributed by atoms with Gasteiger partial charge in [0.05, 0.1) is 6.61 Å². The van der Waals surface area contributed by atoms with Crippen LogP contribution in [-0.4, -0.2) is 30.0 Å². The Labute approximate surface area is 92.4 Å². The maximum Gasteiger partial charge on any atom is 0.330 e. The molecule has 0 unspecified atom stereocenters. The average molecular weight is 227 g/mol. The van der Waals surface area contributed by atoms with Crippen molar-refractivity contribution in [1.29, 1.82) is 0 Å². The van der Waals surface area contributed by atoms with Crippen molar-refractivity contribution in [3.8, 4) is 5.75 Å². The highest BCUT2D eigenvalue weighted by molar-refractivity contribution is 7.98. The largest absolute Gasteiger partial charge is 0.425 e. The van der Waals surface area contributed by atoms with Crippen LogP contribution in [0.15, 0.2) is 29.2 Å². The highest BCUT2D eigenvalue weighted by Crippen LogP contribution is 2.19. The molecular formula is C10H13NO3S. The second-order valence-electron chi connectivity index (χ2n) is 2.89. The molecule has 15 heavy (non-hydrogen) atoms. The fraction of sp³-hybridized carbons (Fsp3) is 0.300. The van der Waals surface area contributed by atoms with Gasteiger partial charge in [-0.25, -0.2) is 4.79 Å². The van der Waals surface area contributed by atoms with E-state index >= 15 is 0 Å². The highest BCUT2D eigenvalue weighted by Gasteiger charge is 2.14. The summed E-state index contributed by atoms with van der Waals surface area (Å²) in [5.41, 5.74) is 5.29. The number of benzene rings is 1. The Morgan fingerprint density at radius 1 is 1.53 bits per heavy atom. The molecule has 0 aromatic heterocycles. The van der Waals surface area contributed by atoms with Gasteiger partial charge in [-0.3, -0.25) is 0 Å². The lowest BCUT2D eigenvalue weighted by Gasteiger charge is -2.08. The number of hydrogen-bond acceptors (Lipinski definition) is 5. The van der Waals surface area contributed by atoms with E-state index < -0.39 is 18.6 Å². The summed E-state index contributed by atoms with van der Waals surface area (Å²) in [4.78, 5) is 12.3.